The van der Waals surface area contributed by atoms with E-state index in [1.165, 1.54) is 0 Å². The van der Waals surface area contributed by atoms with Gasteiger partial charge in [-0.05, 0) is 52.0 Å². The van der Waals surface area contributed by atoms with E-state index in [4.69, 9.17) is 4.74 Å². The summed E-state index contributed by atoms with van der Waals surface area (Å²) in [7, 11) is 4.05. The van der Waals surface area contributed by atoms with E-state index in [0.29, 0.717) is 26.1 Å². The Hall–Kier alpha value is -1.92. The molecule has 6 heteroatoms. The quantitative estimate of drug-likeness (QED) is 0.804. The molecule has 1 aromatic carbocycles. The van der Waals surface area contributed by atoms with Gasteiger partial charge in [0, 0.05) is 25.2 Å². The summed E-state index contributed by atoms with van der Waals surface area (Å²) in [6.45, 7) is 3.03. The third kappa shape index (κ3) is 4.43. The molecule has 2 fully saturated rings. The molecule has 0 saturated carbocycles. The van der Waals surface area contributed by atoms with Gasteiger partial charge in [-0.2, -0.15) is 0 Å². The van der Waals surface area contributed by atoms with Gasteiger partial charge in [0.05, 0.1) is 12.1 Å². The van der Waals surface area contributed by atoms with Gasteiger partial charge in [-0.25, -0.2) is 0 Å². The molecule has 0 aromatic heterocycles. The van der Waals surface area contributed by atoms with Crippen LogP contribution in [0.4, 0.5) is 5.69 Å². The predicted molar refractivity (Wildman–Crippen MR) is 101 cm³/mol. The van der Waals surface area contributed by atoms with Crippen LogP contribution < -0.4 is 4.90 Å². The molecular weight excluding hydrogens is 330 g/mol. The summed E-state index contributed by atoms with van der Waals surface area (Å²) in [5.41, 5.74) is 0.590. The van der Waals surface area contributed by atoms with Gasteiger partial charge in [0.2, 0.25) is 5.91 Å². The molecule has 0 radical (unpaired) electrons. The maximum atomic E-state index is 12.4. The van der Waals surface area contributed by atoms with Crippen molar-refractivity contribution in [1.82, 2.24) is 9.80 Å². The van der Waals surface area contributed by atoms with Crippen LogP contribution in [0, 0.1) is 0 Å². The SMILES string of the molecule is CN(C)CCCC(=O)N1CCC2(CC1)CN(c1ccccc1)C(=O)CO2. The molecule has 0 unspecified atom stereocenters. The average Bonchev–Trinajstić information content (AvgIpc) is 2.65. The first-order chi connectivity index (χ1) is 12.5. The smallest absolute Gasteiger partial charge is 0.253 e. The van der Waals surface area contributed by atoms with Gasteiger partial charge in [0.25, 0.3) is 5.91 Å². The van der Waals surface area contributed by atoms with Gasteiger partial charge in [-0.3, -0.25) is 9.59 Å². The summed E-state index contributed by atoms with van der Waals surface area (Å²) >= 11 is 0. The lowest BCUT2D eigenvalue weighted by Gasteiger charge is -2.47. The molecule has 2 aliphatic rings. The summed E-state index contributed by atoms with van der Waals surface area (Å²) in [6, 6.07) is 9.75. The largest absolute Gasteiger partial charge is 0.363 e. The highest BCUT2D eigenvalue weighted by Crippen LogP contribution is 2.32. The molecule has 2 amide bonds. The van der Waals surface area contributed by atoms with Crippen molar-refractivity contribution in [3.8, 4) is 0 Å². The van der Waals surface area contributed by atoms with E-state index in [2.05, 4.69) is 4.90 Å². The molecule has 2 heterocycles. The Morgan fingerprint density at radius 1 is 1.19 bits per heavy atom. The molecule has 6 nitrogen and oxygen atoms in total. The second-order valence-corrected chi connectivity index (χ2v) is 7.57. The Morgan fingerprint density at radius 3 is 2.54 bits per heavy atom. The molecular formula is C20H29N3O3. The van der Waals surface area contributed by atoms with Gasteiger partial charge < -0.3 is 19.4 Å². The first-order valence-corrected chi connectivity index (χ1v) is 9.41. The normalized spacial score (nSPS) is 20.0. The van der Waals surface area contributed by atoms with Crippen molar-refractivity contribution in [1.29, 1.82) is 0 Å². The number of benzene rings is 1. The van der Waals surface area contributed by atoms with E-state index >= 15 is 0 Å². The second-order valence-electron chi connectivity index (χ2n) is 7.57. The topological polar surface area (TPSA) is 53.1 Å². The van der Waals surface area contributed by atoms with Crippen molar-refractivity contribution in [2.75, 3.05) is 51.8 Å². The summed E-state index contributed by atoms with van der Waals surface area (Å²) < 4.78 is 5.98. The molecule has 142 valence electrons. The number of carbonyl (C=O) groups is 2. The van der Waals surface area contributed by atoms with Gasteiger partial charge in [0.1, 0.15) is 6.61 Å². The number of hydrogen-bond donors (Lipinski definition) is 0. The van der Waals surface area contributed by atoms with E-state index in [1.54, 1.807) is 0 Å². The van der Waals surface area contributed by atoms with Crippen LogP contribution in [0.1, 0.15) is 25.7 Å². The first kappa shape index (κ1) is 18.9. The van der Waals surface area contributed by atoms with Crippen molar-refractivity contribution in [2.45, 2.75) is 31.3 Å². The number of amides is 2. The molecule has 2 aliphatic heterocycles. The highest BCUT2D eigenvalue weighted by Gasteiger charge is 2.43. The number of likely N-dealkylation sites (tertiary alicyclic amines) is 1. The van der Waals surface area contributed by atoms with Gasteiger partial charge in [-0.1, -0.05) is 18.2 Å². The molecule has 0 N–H and O–H groups in total. The van der Waals surface area contributed by atoms with Crippen molar-refractivity contribution in [2.24, 2.45) is 0 Å². The monoisotopic (exact) mass is 359 g/mol. The van der Waals surface area contributed by atoms with E-state index in [1.807, 2.05) is 54.2 Å². The Labute approximate surface area is 155 Å². The minimum atomic E-state index is -0.329. The maximum Gasteiger partial charge on any atom is 0.253 e. The zero-order valence-electron chi connectivity index (χ0n) is 15.8. The van der Waals surface area contributed by atoms with Crippen LogP contribution in [0.3, 0.4) is 0 Å². The van der Waals surface area contributed by atoms with E-state index in [-0.39, 0.29) is 24.0 Å². The van der Waals surface area contributed by atoms with E-state index in [0.717, 1.165) is 31.5 Å². The fourth-order valence-electron chi connectivity index (χ4n) is 3.73. The lowest BCUT2D eigenvalue weighted by atomic mass is 9.88. The molecule has 1 aromatic rings. The Balaban J connectivity index is 1.56. The number of nitrogens with zero attached hydrogens (tertiary/aromatic N) is 3. The molecule has 2 saturated heterocycles. The van der Waals surface area contributed by atoms with Crippen molar-refractivity contribution >= 4 is 17.5 Å². The predicted octanol–water partition coefficient (Wildman–Crippen LogP) is 1.75. The number of para-hydroxylation sites is 1. The highest BCUT2D eigenvalue weighted by molar-refractivity contribution is 5.95. The van der Waals surface area contributed by atoms with Crippen LogP contribution in [0.5, 0.6) is 0 Å². The van der Waals surface area contributed by atoms with Crippen LogP contribution in [0.25, 0.3) is 0 Å². The lowest BCUT2D eigenvalue weighted by Crippen LogP contribution is -2.59. The highest BCUT2D eigenvalue weighted by atomic mass is 16.5. The van der Waals surface area contributed by atoms with Gasteiger partial charge in [-0.15, -0.1) is 0 Å². The Morgan fingerprint density at radius 2 is 1.88 bits per heavy atom. The number of carbonyl (C=O) groups excluding carboxylic acids is 2. The summed E-state index contributed by atoms with van der Waals surface area (Å²) in [5, 5.41) is 0. The minimum Gasteiger partial charge on any atom is -0.363 e. The number of ether oxygens (including phenoxy) is 1. The maximum absolute atomic E-state index is 12.4. The number of morpholine rings is 1. The van der Waals surface area contributed by atoms with Crippen LogP contribution >= 0.6 is 0 Å². The molecule has 1 spiro atoms. The third-order valence-electron chi connectivity index (χ3n) is 5.34. The molecule has 0 aliphatic carbocycles. The van der Waals surface area contributed by atoms with Gasteiger partial charge in [0.15, 0.2) is 0 Å². The number of hydrogen-bond acceptors (Lipinski definition) is 4. The standard InChI is InChI=1S/C20H29N3O3/c1-21(2)12-6-9-18(24)22-13-10-20(11-14-22)16-23(19(25)15-26-20)17-7-4-3-5-8-17/h3-5,7-8H,6,9-16H2,1-2H3. The van der Waals surface area contributed by atoms with Gasteiger partial charge >= 0.3 is 0 Å². The minimum absolute atomic E-state index is 0.00372. The lowest BCUT2D eigenvalue weighted by molar-refractivity contribution is -0.150. The number of anilines is 1. The Bertz CT molecular complexity index is 624. The molecule has 0 atom stereocenters. The number of piperidine rings is 1. The van der Waals surface area contributed by atoms with Crippen LogP contribution in [-0.4, -0.2) is 74.1 Å². The molecule has 26 heavy (non-hydrogen) atoms. The molecule has 3 rings (SSSR count). The van der Waals surface area contributed by atoms with Crippen LogP contribution in [-0.2, 0) is 14.3 Å². The average molecular weight is 359 g/mol. The second kappa shape index (κ2) is 8.18. The fraction of sp³-hybridized carbons (Fsp3) is 0.600. The third-order valence-corrected chi connectivity index (χ3v) is 5.34. The van der Waals surface area contributed by atoms with E-state index < -0.39 is 0 Å². The number of rotatable bonds is 5. The van der Waals surface area contributed by atoms with Crippen molar-refractivity contribution in [3.63, 3.8) is 0 Å². The van der Waals surface area contributed by atoms with Crippen molar-refractivity contribution in [3.05, 3.63) is 30.3 Å². The van der Waals surface area contributed by atoms with Crippen LogP contribution in [0.2, 0.25) is 0 Å². The van der Waals surface area contributed by atoms with E-state index in [9.17, 15) is 9.59 Å². The summed E-state index contributed by atoms with van der Waals surface area (Å²) in [6.07, 6.45) is 3.05. The first-order valence-electron chi connectivity index (χ1n) is 9.41. The molecule has 0 bridgehead atoms. The Kier molecular flexibility index (Phi) is 5.94. The fourth-order valence-corrected chi connectivity index (χ4v) is 3.73. The van der Waals surface area contributed by atoms with Crippen molar-refractivity contribution < 1.29 is 14.3 Å². The zero-order chi connectivity index (χ0) is 18.6. The summed E-state index contributed by atoms with van der Waals surface area (Å²) in [5.74, 6) is 0.234. The zero-order valence-corrected chi connectivity index (χ0v) is 15.8. The summed E-state index contributed by atoms with van der Waals surface area (Å²) in [4.78, 5) is 30.6. The van der Waals surface area contributed by atoms with Crippen LogP contribution in [0.15, 0.2) is 30.3 Å².